The molecule has 10 heteroatoms. The van der Waals surface area contributed by atoms with E-state index in [1.54, 1.807) is 12.1 Å². The average molecular weight is 408 g/mol. The zero-order valence-electron chi connectivity index (χ0n) is 13.6. The largest absolute Gasteiger partial charge is 0.437 e. The SMILES string of the molecule is N#Cc1ccc(Nc2nc(C(F)(F)F)cs2)c(Oc2ccccc2CP)n1. The van der Waals surface area contributed by atoms with Crippen molar-refractivity contribution < 1.29 is 17.9 Å². The average Bonchev–Trinajstić information content (AvgIpc) is 3.12. The molecule has 0 bridgehead atoms. The zero-order valence-corrected chi connectivity index (χ0v) is 15.6. The van der Waals surface area contributed by atoms with E-state index in [-0.39, 0.29) is 16.7 Å². The van der Waals surface area contributed by atoms with Crippen LogP contribution in [0.25, 0.3) is 0 Å². The van der Waals surface area contributed by atoms with Gasteiger partial charge in [-0.05, 0) is 29.9 Å². The van der Waals surface area contributed by atoms with Crippen LogP contribution in [0.4, 0.5) is 24.0 Å². The molecular weight excluding hydrogens is 396 g/mol. The molecule has 0 saturated carbocycles. The number of rotatable bonds is 5. The van der Waals surface area contributed by atoms with E-state index in [4.69, 9.17) is 10.00 Å². The molecule has 2 aromatic heterocycles. The van der Waals surface area contributed by atoms with Crippen molar-refractivity contribution in [2.45, 2.75) is 12.3 Å². The van der Waals surface area contributed by atoms with Crippen LogP contribution in [0.1, 0.15) is 17.0 Å². The Kier molecular flexibility index (Phi) is 5.59. The highest BCUT2D eigenvalue weighted by atomic mass is 32.1. The van der Waals surface area contributed by atoms with Crippen molar-refractivity contribution in [3.63, 3.8) is 0 Å². The van der Waals surface area contributed by atoms with E-state index in [2.05, 4.69) is 24.5 Å². The van der Waals surface area contributed by atoms with Crippen molar-refractivity contribution in [2.24, 2.45) is 0 Å². The van der Waals surface area contributed by atoms with Crippen molar-refractivity contribution in [3.8, 4) is 17.7 Å². The quantitative estimate of drug-likeness (QED) is 0.577. The van der Waals surface area contributed by atoms with Gasteiger partial charge in [-0.3, -0.25) is 0 Å². The molecule has 3 aromatic rings. The summed E-state index contributed by atoms with van der Waals surface area (Å²) in [6, 6.07) is 12.1. The molecule has 0 fully saturated rings. The Balaban J connectivity index is 1.94. The fourth-order valence-electron chi connectivity index (χ4n) is 2.13. The maximum absolute atomic E-state index is 12.7. The van der Waals surface area contributed by atoms with Crippen molar-refractivity contribution in [1.82, 2.24) is 9.97 Å². The fraction of sp³-hybridized carbons (Fsp3) is 0.118. The van der Waals surface area contributed by atoms with Crippen molar-refractivity contribution in [2.75, 3.05) is 5.32 Å². The second kappa shape index (κ2) is 7.91. The summed E-state index contributed by atoms with van der Waals surface area (Å²) < 4.78 is 44.0. The number of nitrogens with one attached hydrogen (secondary N) is 1. The summed E-state index contributed by atoms with van der Waals surface area (Å²) >= 11 is 0.810. The van der Waals surface area contributed by atoms with Crippen molar-refractivity contribution in [3.05, 3.63) is 58.7 Å². The first kappa shape index (κ1) is 19.1. The Hall–Kier alpha value is -2.69. The number of para-hydroxylation sites is 1. The minimum Gasteiger partial charge on any atom is -0.437 e. The maximum atomic E-state index is 12.7. The number of hydrogen-bond donors (Lipinski definition) is 1. The van der Waals surface area contributed by atoms with E-state index in [0.717, 1.165) is 22.3 Å². The zero-order chi connectivity index (χ0) is 19.4. The third-order valence-electron chi connectivity index (χ3n) is 3.41. The normalized spacial score (nSPS) is 11.1. The molecule has 1 aromatic carbocycles. The Morgan fingerprint density at radius 1 is 1.19 bits per heavy atom. The molecule has 0 amide bonds. The minimum absolute atomic E-state index is 0.0398. The van der Waals surface area contributed by atoms with Crippen LogP contribution in [0.15, 0.2) is 41.8 Å². The van der Waals surface area contributed by atoms with Gasteiger partial charge in [0.2, 0.25) is 5.88 Å². The summed E-state index contributed by atoms with van der Waals surface area (Å²) in [5.41, 5.74) is 0.336. The Labute approximate surface area is 159 Å². The van der Waals surface area contributed by atoms with Gasteiger partial charge in [0.1, 0.15) is 23.2 Å². The van der Waals surface area contributed by atoms with E-state index >= 15 is 0 Å². The summed E-state index contributed by atoms with van der Waals surface area (Å²) in [7, 11) is 2.59. The van der Waals surface area contributed by atoms with Gasteiger partial charge in [-0.15, -0.1) is 20.6 Å². The highest BCUT2D eigenvalue weighted by Crippen LogP contribution is 2.36. The number of nitriles is 1. The summed E-state index contributed by atoms with van der Waals surface area (Å²) in [4.78, 5) is 7.65. The molecule has 27 heavy (non-hydrogen) atoms. The van der Waals surface area contributed by atoms with Crippen molar-refractivity contribution >= 4 is 31.4 Å². The van der Waals surface area contributed by atoms with E-state index in [1.165, 1.54) is 12.1 Å². The number of alkyl halides is 3. The van der Waals surface area contributed by atoms with E-state index in [0.29, 0.717) is 17.6 Å². The first-order valence-corrected chi connectivity index (χ1v) is 9.27. The first-order valence-electron chi connectivity index (χ1n) is 7.57. The third-order valence-corrected chi connectivity index (χ3v) is 4.61. The van der Waals surface area contributed by atoms with Gasteiger partial charge in [0.15, 0.2) is 10.8 Å². The summed E-state index contributed by atoms with van der Waals surface area (Å²) in [5, 5.41) is 12.8. The molecule has 138 valence electrons. The Bertz CT molecular complexity index is 1000. The molecule has 1 unspecified atom stereocenters. The molecule has 5 nitrogen and oxygen atoms in total. The topological polar surface area (TPSA) is 70.8 Å². The van der Waals surface area contributed by atoms with Gasteiger partial charge in [0.25, 0.3) is 0 Å². The van der Waals surface area contributed by atoms with Crippen LogP contribution in [0.3, 0.4) is 0 Å². The van der Waals surface area contributed by atoms with Crippen LogP contribution in [0.2, 0.25) is 0 Å². The Morgan fingerprint density at radius 2 is 1.96 bits per heavy atom. The van der Waals surface area contributed by atoms with Gasteiger partial charge in [-0.1, -0.05) is 18.2 Å². The molecule has 1 N–H and O–H groups in total. The molecule has 0 aliphatic rings. The van der Waals surface area contributed by atoms with Gasteiger partial charge in [0, 0.05) is 5.38 Å². The number of hydrogen-bond acceptors (Lipinski definition) is 6. The minimum atomic E-state index is -4.52. The van der Waals surface area contributed by atoms with E-state index < -0.39 is 11.9 Å². The summed E-state index contributed by atoms with van der Waals surface area (Å²) in [6.45, 7) is 0. The lowest BCUT2D eigenvalue weighted by atomic mass is 10.2. The number of aromatic nitrogens is 2. The second-order valence-electron chi connectivity index (χ2n) is 5.24. The van der Waals surface area contributed by atoms with Crippen LogP contribution in [0.5, 0.6) is 11.6 Å². The number of benzene rings is 1. The standard InChI is InChI=1S/C17H12F3N4OPS/c18-17(19,20)14-9-27-16(24-14)23-12-6-5-11(7-21)22-15(12)25-13-4-2-1-3-10(13)8-26/h1-6,9H,8,26H2,(H,23,24). The van der Waals surface area contributed by atoms with Gasteiger partial charge < -0.3 is 10.1 Å². The summed E-state index contributed by atoms with van der Waals surface area (Å²) in [6.07, 6.45) is -3.88. The first-order chi connectivity index (χ1) is 12.9. The van der Waals surface area contributed by atoms with Crippen LogP contribution < -0.4 is 10.1 Å². The van der Waals surface area contributed by atoms with Gasteiger partial charge in [0.05, 0.1) is 0 Å². The van der Waals surface area contributed by atoms with Crippen LogP contribution in [0, 0.1) is 11.3 Å². The lowest BCUT2D eigenvalue weighted by Gasteiger charge is -2.13. The van der Waals surface area contributed by atoms with Crippen molar-refractivity contribution in [1.29, 1.82) is 5.26 Å². The predicted octanol–water partition coefficient (Wildman–Crippen LogP) is 5.34. The van der Waals surface area contributed by atoms with Crippen LogP contribution in [-0.4, -0.2) is 9.97 Å². The molecular formula is C17H12F3N4OPS. The number of pyridine rings is 1. The van der Waals surface area contributed by atoms with Crippen LogP contribution >= 0.6 is 20.6 Å². The van der Waals surface area contributed by atoms with Crippen LogP contribution in [-0.2, 0) is 12.3 Å². The number of ether oxygens (including phenoxy) is 1. The lowest BCUT2D eigenvalue weighted by molar-refractivity contribution is -0.140. The highest BCUT2D eigenvalue weighted by Gasteiger charge is 2.33. The molecule has 0 saturated heterocycles. The lowest BCUT2D eigenvalue weighted by Crippen LogP contribution is -2.05. The predicted molar refractivity (Wildman–Crippen MR) is 99.3 cm³/mol. The maximum Gasteiger partial charge on any atom is 0.434 e. The second-order valence-corrected chi connectivity index (χ2v) is 6.50. The highest BCUT2D eigenvalue weighted by molar-refractivity contribution is 7.15. The van der Waals surface area contributed by atoms with Gasteiger partial charge in [-0.25, -0.2) is 9.97 Å². The molecule has 0 aliphatic heterocycles. The molecule has 0 aliphatic carbocycles. The summed E-state index contributed by atoms with van der Waals surface area (Å²) in [5.74, 6) is 0.608. The molecule has 3 rings (SSSR count). The molecule has 0 radical (unpaired) electrons. The third kappa shape index (κ3) is 4.54. The van der Waals surface area contributed by atoms with E-state index in [9.17, 15) is 13.2 Å². The van der Waals surface area contributed by atoms with Gasteiger partial charge >= 0.3 is 6.18 Å². The number of halogens is 3. The number of thiazole rings is 1. The molecule has 2 heterocycles. The smallest absolute Gasteiger partial charge is 0.434 e. The van der Waals surface area contributed by atoms with Gasteiger partial charge in [-0.2, -0.15) is 18.4 Å². The monoisotopic (exact) mass is 408 g/mol. The van der Waals surface area contributed by atoms with E-state index in [1.807, 2.05) is 18.2 Å². The molecule has 0 spiro atoms. The Morgan fingerprint density at radius 3 is 2.63 bits per heavy atom. The molecule has 1 atom stereocenters. The number of anilines is 2. The number of nitrogens with zero attached hydrogens (tertiary/aromatic N) is 3. The fourth-order valence-corrected chi connectivity index (χ4v) is 3.20.